The van der Waals surface area contributed by atoms with Gasteiger partial charge in [0.05, 0.1) is 5.44 Å². The third-order valence-electron chi connectivity index (χ3n) is 2.91. The molecule has 1 aromatic heterocycles. The van der Waals surface area contributed by atoms with Crippen LogP contribution in [0.1, 0.15) is 0 Å². The molecule has 0 spiro atoms. The van der Waals surface area contributed by atoms with E-state index in [9.17, 15) is 0 Å². The third kappa shape index (κ3) is 4.45. The minimum atomic E-state index is -0.557. The number of rotatable bonds is 3. The molecule has 4 heteroatoms. The summed E-state index contributed by atoms with van der Waals surface area (Å²) < 4.78 is 0. The Kier molecular flexibility index (Phi) is 7.75. The second-order valence-corrected chi connectivity index (χ2v) is 6.36. The zero-order valence-electron chi connectivity index (χ0n) is 11.6. The molecule has 0 unspecified atom stereocenters. The second kappa shape index (κ2) is 9.05. The first kappa shape index (κ1) is 18.0. The van der Waals surface area contributed by atoms with Gasteiger partial charge < -0.3 is 0 Å². The van der Waals surface area contributed by atoms with Gasteiger partial charge in [-0.2, -0.15) is 0 Å². The molecule has 0 saturated heterocycles. The number of hydrogen-bond acceptors (Lipinski definition) is 1. The molecule has 3 rings (SSSR count). The van der Waals surface area contributed by atoms with Crippen LogP contribution in [0.15, 0.2) is 85.1 Å². The van der Waals surface area contributed by atoms with E-state index in [0.29, 0.717) is 0 Å². The van der Waals surface area contributed by atoms with Crippen molar-refractivity contribution in [2.45, 2.75) is 0 Å². The molecular weight excluding hydrogens is 350 g/mol. The van der Waals surface area contributed by atoms with E-state index in [1.807, 2.05) is 12.3 Å². The third-order valence-corrected chi connectivity index (χ3v) is 5.26. The summed E-state index contributed by atoms with van der Waals surface area (Å²) in [5.74, 6) is 0. The molecular formula is C17H15ClNPZn. The van der Waals surface area contributed by atoms with E-state index in [-0.39, 0.29) is 31.9 Å². The first-order chi connectivity index (χ1) is 9.45. The van der Waals surface area contributed by atoms with Crippen molar-refractivity contribution in [3.8, 4) is 0 Å². The molecule has 1 nitrogen and oxygen atoms in total. The maximum Gasteiger partial charge on any atom is 0.0720 e. The van der Waals surface area contributed by atoms with Crippen molar-refractivity contribution >= 4 is 36.4 Å². The van der Waals surface area contributed by atoms with Crippen LogP contribution in [-0.2, 0) is 19.5 Å². The Hall–Kier alpha value is -1.07. The van der Waals surface area contributed by atoms with Crippen molar-refractivity contribution in [2.75, 3.05) is 0 Å². The number of hydrogen-bond donors (Lipinski definition) is 0. The zero-order valence-corrected chi connectivity index (χ0v) is 16.3. The van der Waals surface area contributed by atoms with E-state index in [4.69, 9.17) is 0 Å². The van der Waals surface area contributed by atoms with Crippen molar-refractivity contribution in [1.82, 2.24) is 4.98 Å². The predicted molar refractivity (Wildman–Crippen MR) is 90.2 cm³/mol. The van der Waals surface area contributed by atoms with Gasteiger partial charge in [-0.15, -0.1) is 12.4 Å². The average Bonchev–Trinajstić information content (AvgIpc) is 2.51. The van der Waals surface area contributed by atoms with Gasteiger partial charge in [-0.1, -0.05) is 66.7 Å². The van der Waals surface area contributed by atoms with Gasteiger partial charge in [0, 0.05) is 33.6 Å². The second-order valence-electron chi connectivity index (χ2n) is 4.19. The van der Waals surface area contributed by atoms with Crippen LogP contribution in [-0.4, -0.2) is 4.98 Å². The molecule has 0 amide bonds. The monoisotopic (exact) mass is 363 g/mol. The van der Waals surface area contributed by atoms with Crippen LogP contribution in [0.3, 0.4) is 0 Å². The minimum absolute atomic E-state index is 0. The standard InChI is InChI=1S/C17H14NP.ClH.Zn/c1-3-9-15(10-4-1)19(16-11-5-2-6-12-16)17-13-7-8-14-18-17;;/h1-14H;1H;. The van der Waals surface area contributed by atoms with E-state index >= 15 is 0 Å². The molecule has 3 aromatic rings. The van der Waals surface area contributed by atoms with Crippen LogP contribution in [0, 0.1) is 0 Å². The molecule has 0 atom stereocenters. The largest absolute Gasteiger partial charge is 0.256 e. The Labute approximate surface area is 145 Å². The van der Waals surface area contributed by atoms with E-state index in [1.54, 1.807) is 0 Å². The summed E-state index contributed by atoms with van der Waals surface area (Å²) in [4.78, 5) is 4.56. The van der Waals surface area contributed by atoms with Crippen molar-refractivity contribution < 1.29 is 19.5 Å². The Morgan fingerprint density at radius 1 is 0.619 bits per heavy atom. The van der Waals surface area contributed by atoms with Crippen molar-refractivity contribution in [3.05, 3.63) is 85.1 Å². The van der Waals surface area contributed by atoms with E-state index in [2.05, 4.69) is 77.8 Å². The molecule has 21 heavy (non-hydrogen) atoms. The van der Waals surface area contributed by atoms with Crippen LogP contribution in [0.25, 0.3) is 0 Å². The van der Waals surface area contributed by atoms with Gasteiger partial charge in [-0.3, -0.25) is 4.98 Å². The molecule has 0 radical (unpaired) electrons. The molecule has 0 aliphatic rings. The average molecular weight is 365 g/mol. The molecule has 0 fully saturated rings. The fraction of sp³-hybridized carbons (Fsp3) is 0. The number of benzene rings is 2. The van der Waals surface area contributed by atoms with Crippen LogP contribution in [0.4, 0.5) is 0 Å². The fourth-order valence-corrected chi connectivity index (χ4v) is 4.24. The molecule has 0 aliphatic heterocycles. The summed E-state index contributed by atoms with van der Waals surface area (Å²) in [5.41, 5.74) is 1.15. The van der Waals surface area contributed by atoms with Crippen molar-refractivity contribution in [1.29, 1.82) is 0 Å². The summed E-state index contributed by atoms with van der Waals surface area (Å²) in [6, 6.07) is 27.4. The van der Waals surface area contributed by atoms with Crippen molar-refractivity contribution in [2.24, 2.45) is 0 Å². The SMILES string of the molecule is Cl.[Zn].c1ccc(P(c2ccccc2)c2ccccn2)cc1. The smallest absolute Gasteiger partial charge is 0.0720 e. The molecule has 1 heterocycles. The summed E-state index contributed by atoms with van der Waals surface area (Å²) in [6.45, 7) is 0. The summed E-state index contributed by atoms with van der Waals surface area (Å²) >= 11 is 0. The first-order valence-electron chi connectivity index (χ1n) is 6.26. The number of halogens is 1. The molecule has 102 valence electrons. The van der Waals surface area contributed by atoms with Gasteiger partial charge in [0.2, 0.25) is 0 Å². The van der Waals surface area contributed by atoms with Crippen molar-refractivity contribution in [3.63, 3.8) is 0 Å². The van der Waals surface area contributed by atoms with Gasteiger partial charge >= 0.3 is 0 Å². The van der Waals surface area contributed by atoms with Crippen LogP contribution in [0.5, 0.6) is 0 Å². The molecule has 2 aromatic carbocycles. The molecule has 0 N–H and O–H groups in total. The molecule has 0 bridgehead atoms. The quantitative estimate of drug-likeness (QED) is 0.513. The maximum absolute atomic E-state index is 4.56. The topological polar surface area (TPSA) is 12.9 Å². The predicted octanol–water partition coefficient (Wildman–Crippen LogP) is 3.26. The summed E-state index contributed by atoms with van der Waals surface area (Å²) in [7, 11) is -0.557. The number of pyridine rings is 1. The van der Waals surface area contributed by atoms with Crippen LogP contribution >= 0.6 is 20.3 Å². The van der Waals surface area contributed by atoms with Gasteiger partial charge in [0.1, 0.15) is 0 Å². The summed E-state index contributed by atoms with van der Waals surface area (Å²) in [5, 5.41) is 2.67. The Bertz CT molecular complexity index is 541. The van der Waals surface area contributed by atoms with Gasteiger partial charge in [-0.05, 0) is 22.7 Å². The Morgan fingerprint density at radius 3 is 1.52 bits per heavy atom. The van der Waals surface area contributed by atoms with Gasteiger partial charge in [-0.25, -0.2) is 0 Å². The van der Waals surface area contributed by atoms with Crippen LogP contribution in [0.2, 0.25) is 0 Å². The molecule has 0 saturated carbocycles. The molecule has 0 aliphatic carbocycles. The minimum Gasteiger partial charge on any atom is -0.256 e. The fourth-order valence-electron chi connectivity index (χ4n) is 2.05. The van der Waals surface area contributed by atoms with Gasteiger partial charge in [0.15, 0.2) is 0 Å². The van der Waals surface area contributed by atoms with Crippen LogP contribution < -0.4 is 16.0 Å². The van der Waals surface area contributed by atoms with Gasteiger partial charge in [0.25, 0.3) is 0 Å². The normalized spacial score (nSPS) is 9.57. The number of nitrogens with zero attached hydrogens (tertiary/aromatic N) is 1. The Morgan fingerprint density at radius 2 is 1.10 bits per heavy atom. The zero-order chi connectivity index (χ0) is 12.9. The van der Waals surface area contributed by atoms with E-state index in [0.717, 1.165) is 5.44 Å². The number of aromatic nitrogens is 1. The van der Waals surface area contributed by atoms with E-state index < -0.39 is 7.92 Å². The summed E-state index contributed by atoms with van der Waals surface area (Å²) in [6.07, 6.45) is 1.87. The maximum atomic E-state index is 4.56. The van der Waals surface area contributed by atoms with E-state index in [1.165, 1.54) is 10.6 Å². The first-order valence-corrected chi connectivity index (χ1v) is 7.60. The Balaban J connectivity index is 0.00000110.